The number of para-hydroxylation sites is 1. The zero-order valence-corrected chi connectivity index (χ0v) is 16.6. The van der Waals surface area contributed by atoms with E-state index in [1.54, 1.807) is 13.4 Å². The molecule has 2 aromatic rings. The number of hydrogen-bond acceptors (Lipinski definition) is 5. The van der Waals surface area contributed by atoms with E-state index >= 15 is 0 Å². The van der Waals surface area contributed by atoms with E-state index in [-0.39, 0.29) is 29.7 Å². The number of likely N-dealkylation sites (N-methyl/N-ethyl adjacent to an activating group) is 1. The van der Waals surface area contributed by atoms with Crippen molar-refractivity contribution in [3.63, 3.8) is 0 Å². The van der Waals surface area contributed by atoms with Crippen LogP contribution < -0.4 is 5.32 Å². The number of rotatable bonds is 6. The molecule has 140 valence electrons. The van der Waals surface area contributed by atoms with Crippen LogP contribution in [-0.4, -0.2) is 56.4 Å². The van der Waals surface area contributed by atoms with Gasteiger partial charge in [0.2, 0.25) is 11.8 Å². The largest absolute Gasteiger partial charge is 0.350 e. The van der Waals surface area contributed by atoms with E-state index in [1.165, 1.54) is 16.7 Å². The molecule has 0 atom stereocenters. The number of nitrogens with zero attached hydrogens (tertiary/aromatic N) is 4. The van der Waals surface area contributed by atoms with Gasteiger partial charge >= 0.3 is 0 Å². The number of nitrogens with one attached hydrogen (secondary N) is 1. The second kappa shape index (κ2) is 8.35. The summed E-state index contributed by atoms with van der Waals surface area (Å²) in [7, 11) is 1.62. The predicted octanol–water partition coefficient (Wildman–Crippen LogP) is 2.04. The molecule has 0 unspecified atom stereocenters. The lowest BCUT2D eigenvalue weighted by Gasteiger charge is -2.23. The van der Waals surface area contributed by atoms with E-state index in [9.17, 15) is 9.59 Å². The number of amides is 2. The number of thioether (sulfide) groups is 1. The number of carbonyl (C=O) groups is 2. The maximum atomic E-state index is 12.3. The molecule has 0 bridgehead atoms. The lowest BCUT2D eigenvalue weighted by Crippen LogP contribution is -2.46. The molecule has 26 heavy (non-hydrogen) atoms. The Morgan fingerprint density at radius 1 is 1.27 bits per heavy atom. The summed E-state index contributed by atoms with van der Waals surface area (Å²) in [6, 6.07) is 7.91. The number of carbonyl (C=O) groups excluding carboxylic acids is 2. The molecule has 0 fully saturated rings. The molecule has 8 heteroatoms. The van der Waals surface area contributed by atoms with Crippen molar-refractivity contribution in [2.75, 3.05) is 19.3 Å². The fourth-order valence-corrected chi connectivity index (χ4v) is 3.18. The first kappa shape index (κ1) is 20.0. The van der Waals surface area contributed by atoms with E-state index in [4.69, 9.17) is 0 Å². The van der Waals surface area contributed by atoms with Gasteiger partial charge in [0.1, 0.15) is 6.33 Å². The highest BCUT2D eigenvalue weighted by molar-refractivity contribution is 7.99. The molecule has 0 saturated carbocycles. The molecule has 0 radical (unpaired) electrons. The molecular formula is C18H25N5O2S. The summed E-state index contributed by atoms with van der Waals surface area (Å²) in [5.41, 5.74) is 1.75. The highest BCUT2D eigenvalue weighted by atomic mass is 32.2. The molecule has 2 rings (SSSR count). The van der Waals surface area contributed by atoms with Gasteiger partial charge in [-0.05, 0) is 39.3 Å². The van der Waals surface area contributed by atoms with E-state index < -0.39 is 0 Å². The molecule has 1 aromatic heterocycles. The van der Waals surface area contributed by atoms with Crippen LogP contribution in [0.5, 0.6) is 0 Å². The first-order chi connectivity index (χ1) is 12.2. The summed E-state index contributed by atoms with van der Waals surface area (Å²) in [5, 5.41) is 11.5. The summed E-state index contributed by atoms with van der Waals surface area (Å²) in [6.07, 6.45) is 1.63. The molecule has 2 amide bonds. The van der Waals surface area contributed by atoms with Crippen molar-refractivity contribution in [2.45, 2.75) is 38.4 Å². The highest BCUT2D eigenvalue weighted by Gasteiger charge is 2.19. The Hall–Kier alpha value is -2.35. The van der Waals surface area contributed by atoms with Gasteiger partial charge in [-0.15, -0.1) is 10.2 Å². The van der Waals surface area contributed by atoms with Gasteiger partial charge in [0, 0.05) is 12.6 Å². The third kappa shape index (κ3) is 5.59. The standard InChI is InChI=1S/C18H25N5O2S/c1-13-8-6-7-9-14(13)23-12-19-21-17(23)26-11-16(25)22(5)10-15(24)20-18(2,3)4/h6-9,12H,10-11H2,1-5H3,(H,20,24). The quantitative estimate of drug-likeness (QED) is 0.782. The molecule has 1 heterocycles. The molecule has 1 aromatic carbocycles. The molecule has 0 aliphatic rings. The SMILES string of the molecule is Cc1ccccc1-n1cnnc1SCC(=O)N(C)CC(=O)NC(C)(C)C. The van der Waals surface area contributed by atoms with Gasteiger partial charge < -0.3 is 10.2 Å². The third-order valence-corrected chi connectivity index (χ3v) is 4.46. The number of hydrogen-bond donors (Lipinski definition) is 1. The van der Waals surface area contributed by atoms with Crippen molar-refractivity contribution in [1.82, 2.24) is 25.0 Å². The van der Waals surface area contributed by atoms with E-state index in [0.29, 0.717) is 5.16 Å². The van der Waals surface area contributed by atoms with Crippen LogP contribution in [0.4, 0.5) is 0 Å². The first-order valence-corrected chi connectivity index (χ1v) is 9.30. The van der Waals surface area contributed by atoms with Crippen molar-refractivity contribution in [3.8, 4) is 5.69 Å². The average molecular weight is 375 g/mol. The van der Waals surface area contributed by atoms with Crippen molar-refractivity contribution >= 4 is 23.6 Å². The van der Waals surface area contributed by atoms with E-state index in [2.05, 4.69) is 15.5 Å². The Morgan fingerprint density at radius 3 is 2.62 bits per heavy atom. The molecule has 0 saturated heterocycles. The first-order valence-electron chi connectivity index (χ1n) is 8.31. The molecule has 0 spiro atoms. The summed E-state index contributed by atoms with van der Waals surface area (Å²) >= 11 is 1.30. The third-order valence-electron chi connectivity index (χ3n) is 3.54. The monoisotopic (exact) mass is 375 g/mol. The molecule has 0 aliphatic carbocycles. The number of benzene rings is 1. The van der Waals surface area contributed by atoms with Crippen molar-refractivity contribution in [3.05, 3.63) is 36.2 Å². The fourth-order valence-electron chi connectivity index (χ4n) is 2.32. The van der Waals surface area contributed by atoms with Gasteiger partial charge in [-0.25, -0.2) is 0 Å². The summed E-state index contributed by atoms with van der Waals surface area (Å²) in [4.78, 5) is 25.7. The summed E-state index contributed by atoms with van der Waals surface area (Å²) in [5.74, 6) is -0.135. The number of aryl methyl sites for hydroxylation is 1. The van der Waals surface area contributed by atoms with Gasteiger partial charge in [0.15, 0.2) is 5.16 Å². The van der Waals surface area contributed by atoms with Crippen molar-refractivity contribution in [2.24, 2.45) is 0 Å². The Labute approximate surface area is 158 Å². The van der Waals surface area contributed by atoms with Crippen LogP contribution in [0.15, 0.2) is 35.7 Å². The van der Waals surface area contributed by atoms with Gasteiger partial charge in [-0.3, -0.25) is 14.2 Å². The molecule has 0 aliphatic heterocycles. The van der Waals surface area contributed by atoms with Crippen LogP contribution >= 0.6 is 11.8 Å². The van der Waals surface area contributed by atoms with Crippen LogP contribution in [0, 0.1) is 6.92 Å². The maximum Gasteiger partial charge on any atom is 0.240 e. The van der Waals surface area contributed by atoms with Gasteiger partial charge in [0.25, 0.3) is 0 Å². The molecule has 1 N–H and O–H groups in total. The van der Waals surface area contributed by atoms with Gasteiger partial charge in [0.05, 0.1) is 18.0 Å². The summed E-state index contributed by atoms with van der Waals surface area (Å²) < 4.78 is 1.86. The second-order valence-corrected chi connectivity index (χ2v) is 8.05. The topological polar surface area (TPSA) is 80.1 Å². The van der Waals surface area contributed by atoms with Crippen LogP contribution in [0.2, 0.25) is 0 Å². The zero-order valence-electron chi connectivity index (χ0n) is 15.8. The minimum atomic E-state index is -0.320. The number of aromatic nitrogens is 3. The lowest BCUT2D eigenvalue weighted by molar-refractivity contribution is -0.133. The normalized spacial score (nSPS) is 11.3. The Balaban J connectivity index is 1.95. The van der Waals surface area contributed by atoms with Crippen LogP contribution in [0.3, 0.4) is 0 Å². The second-order valence-electron chi connectivity index (χ2n) is 7.11. The van der Waals surface area contributed by atoms with Gasteiger partial charge in [-0.1, -0.05) is 30.0 Å². The van der Waals surface area contributed by atoms with Gasteiger partial charge in [-0.2, -0.15) is 0 Å². The minimum absolute atomic E-state index is 0.0289. The maximum absolute atomic E-state index is 12.3. The lowest BCUT2D eigenvalue weighted by atomic mass is 10.1. The molecular weight excluding hydrogens is 350 g/mol. The fraction of sp³-hybridized carbons (Fsp3) is 0.444. The Morgan fingerprint density at radius 2 is 1.96 bits per heavy atom. The predicted molar refractivity (Wildman–Crippen MR) is 102 cm³/mol. The smallest absolute Gasteiger partial charge is 0.240 e. The Kier molecular flexibility index (Phi) is 6.42. The minimum Gasteiger partial charge on any atom is -0.350 e. The van der Waals surface area contributed by atoms with Crippen LogP contribution in [0.1, 0.15) is 26.3 Å². The summed E-state index contributed by atoms with van der Waals surface area (Å²) in [6.45, 7) is 7.75. The zero-order chi connectivity index (χ0) is 19.3. The Bertz CT molecular complexity index is 782. The van der Waals surface area contributed by atoms with Crippen molar-refractivity contribution < 1.29 is 9.59 Å². The van der Waals surface area contributed by atoms with Crippen LogP contribution in [0.25, 0.3) is 5.69 Å². The van der Waals surface area contributed by atoms with Crippen LogP contribution in [-0.2, 0) is 9.59 Å². The highest BCUT2D eigenvalue weighted by Crippen LogP contribution is 2.21. The van der Waals surface area contributed by atoms with Crippen molar-refractivity contribution in [1.29, 1.82) is 0 Å². The van der Waals surface area contributed by atoms with E-state index in [0.717, 1.165) is 11.3 Å². The molecule has 7 nitrogen and oxygen atoms in total. The average Bonchev–Trinajstić information content (AvgIpc) is 2.99. The van der Waals surface area contributed by atoms with E-state index in [1.807, 2.05) is 56.5 Å².